The number of nitrogens with zero attached hydrogens (tertiary/aromatic N) is 2. The standard InChI is InChI=1S/C28H35N3O/c1-20-9-8-10-21(2)26(20)22-13-17-30(18-14-22)19-24-23-11-4-5-12-25(23)29-27(24)28(32)31-15-6-3-7-16-31/h4-5,8-12,22,29H,3,6-7,13-19H2,1-2H3. The Balaban J connectivity index is 1.36. The molecule has 1 aromatic heterocycles. The molecule has 1 N–H and O–H groups in total. The van der Waals surface area contributed by atoms with Crippen molar-refractivity contribution >= 4 is 16.8 Å². The van der Waals surface area contributed by atoms with Gasteiger partial charge in [-0.2, -0.15) is 0 Å². The highest BCUT2D eigenvalue weighted by Gasteiger charge is 2.27. The topological polar surface area (TPSA) is 39.3 Å². The van der Waals surface area contributed by atoms with Gasteiger partial charge in [-0.3, -0.25) is 9.69 Å². The summed E-state index contributed by atoms with van der Waals surface area (Å²) in [6.07, 6.45) is 5.84. The number of aromatic nitrogens is 1. The number of likely N-dealkylation sites (tertiary alicyclic amines) is 2. The number of amides is 1. The summed E-state index contributed by atoms with van der Waals surface area (Å²) in [5, 5.41) is 1.20. The Hall–Kier alpha value is -2.59. The molecular weight excluding hydrogens is 394 g/mol. The van der Waals surface area contributed by atoms with Crippen molar-refractivity contribution in [3.05, 3.63) is 70.4 Å². The third-order valence-corrected chi connectivity index (χ3v) is 7.59. The van der Waals surface area contributed by atoms with Crippen LogP contribution in [0.2, 0.25) is 0 Å². The summed E-state index contributed by atoms with van der Waals surface area (Å²) in [5.41, 5.74) is 7.48. The average molecular weight is 430 g/mol. The maximum Gasteiger partial charge on any atom is 0.270 e. The molecule has 2 saturated heterocycles. The summed E-state index contributed by atoms with van der Waals surface area (Å²) in [5.74, 6) is 0.825. The van der Waals surface area contributed by atoms with Crippen LogP contribution in [0.1, 0.15) is 70.8 Å². The Morgan fingerprint density at radius 1 is 0.906 bits per heavy atom. The zero-order valence-electron chi connectivity index (χ0n) is 19.5. The van der Waals surface area contributed by atoms with Crippen molar-refractivity contribution < 1.29 is 4.79 Å². The Morgan fingerprint density at radius 2 is 1.59 bits per heavy atom. The number of carbonyl (C=O) groups excluding carboxylic acids is 1. The third kappa shape index (κ3) is 4.09. The number of carbonyl (C=O) groups is 1. The summed E-state index contributed by atoms with van der Waals surface area (Å²) >= 11 is 0. The van der Waals surface area contributed by atoms with E-state index in [1.54, 1.807) is 5.56 Å². The van der Waals surface area contributed by atoms with Gasteiger partial charge in [-0.15, -0.1) is 0 Å². The van der Waals surface area contributed by atoms with Gasteiger partial charge in [-0.05, 0) is 87.7 Å². The maximum absolute atomic E-state index is 13.4. The van der Waals surface area contributed by atoms with Crippen LogP contribution in [0, 0.1) is 13.8 Å². The van der Waals surface area contributed by atoms with Crippen LogP contribution in [0.25, 0.3) is 10.9 Å². The lowest BCUT2D eigenvalue weighted by Gasteiger charge is -2.34. The second-order valence-electron chi connectivity index (χ2n) is 9.73. The van der Waals surface area contributed by atoms with Crippen LogP contribution < -0.4 is 0 Å². The highest BCUT2D eigenvalue weighted by atomic mass is 16.2. The molecule has 1 amide bonds. The van der Waals surface area contributed by atoms with Gasteiger partial charge >= 0.3 is 0 Å². The predicted octanol–water partition coefficient (Wildman–Crippen LogP) is 5.79. The number of piperidine rings is 2. The number of H-pyrrole nitrogens is 1. The second kappa shape index (κ2) is 9.11. The van der Waals surface area contributed by atoms with Gasteiger partial charge in [0.05, 0.1) is 0 Å². The molecule has 2 fully saturated rings. The quantitative estimate of drug-likeness (QED) is 0.570. The Bertz CT molecular complexity index is 1080. The summed E-state index contributed by atoms with van der Waals surface area (Å²) in [6.45, 7) is 9.27. The second-order valence-corrected chi connectivity index (χ2v) is 9.73. The zero-order chi connectivity index (χ0) is 22.1. The molecule has 0 aliphatic carbocycles. The van der Waals surface area contributed by atoms with E-state index < -0.39 is 0 Å². The van der Waals surface area contributed by atoms with Crippen LogP contribution in [0.15, 0.2) is 42.5 Å². The van der Waals surface area contributed by atoms with Gasteiger partial charge in [0.1, 0.15) is 5.69 Å². The van der Waals surface area contributed by atoms with Crippen molar-refractivity contribution in [2.24, 2.45) is 0 Å². The fourth-order valence-electron chi connectivity index (χ4n) is 5.88. The predicted molar refractivity (Wildman–Crippen MR) is 131 cm³/mol. The van der Waals surface area contributed by atoms with Crippen LogP contribution in [0.4, 0.5) is 0 Å². The molecule has 3 aromatic rings. The molecule has 4 heteroatoms. The van der Waals surface area contributed by atoms with Crippen molar-refractivity contribution in [2.75, 3.05) is 26.2 Å². The number of aryl methyl sites for hydroxylation is 2. The smallest absolute Gasteiger partial charge is 0.270 e. The first-order valence-corrected chi connectivity index (χ1v) is 12.3. The van der Waals surface area contributed by atoms with Gasteiger partial charge in [0.2, 0.25) is 0 Å². The van der Waals surface area contributed by atoms with Crippen molar-refractivity contribution in [3.8, 4) is 0 Å². The van der Waals surface area contributed by atoms with Gasteiger partial charge < -0.3 is 9.88 Å². The minimum Gasteiger partial charge on any atom is -0.350 e. The Kier molecular flexibility index (Phi) is 6.05. The van der Waals surface area contributed by atoms with Crippen molar-refractivity contribution in [1.29, 1.82) is 0 Å². The number of benzene rings is 2. The molecule has 0 unspecified atom stereocenters. The first kappa shape index (κ1) is 21.3. The lowest BCUT2D eigenvalue weighted by Crippen LogP contribution is -2.37. The SMILES string of the molecule is Cc1cccc(C)c1C1CCN(Cc2c(C(=O)N3CCCCC3)[nH]c3ccccc23)CC1. The normalized spacial score (nSPS) is 18.4. The first-order chi connectivity index (χ1) is 15.6. The first-order valence-electron chi connectivity index (χ1n) is 12.3. The highest BCUT2D eigenvalue weighted by molar-refractivity contribution is 6.01. The number of aromatic amines is 1. The maximum atomic E-state index is 13.4. The lowest BCUT2D eigenvalue weighted by atomic mass is 9.84. The van der Waals surface area contributed by atoms with E-state index in [9.17, 15) is 4.79 Å². The number of hydrogen-bond donors (Lipinski definition) is 1. The molecule has 32 heavy (non-hydrogen) atoms. The molecule has 5 rings (SSSR count). The number of rotatable bonds is 4. The molecule has 0 bridgehead atoms. The number of nitrogens with one attached hydrogen (secondary N) is 1. The number of para-hydroxylation sites is 1. The van der Waals surface area contributed by atoms with Crippen LogP contribution >= 0.6 is 0 Å². The van der Waals surface area contributed by atoms with Crippen LogP contribution in [0.5, 0.6) is 0 Å². The molecular formula is C28H35N3O. The highest BCUT2D eigenvalue weighted by Crippen LogP contribution is 2.34. The summed E-state index contributed by atoms with van der Waals surface area (Å²) < 4.78 is 0. The van der Waals surface area contributed by atoms with Crippen LogP contribution in [-0.4, -0.2) is 46.9 Å². The van der Waals surface area contributed by atoms with E-state index in [0.717, 1.165) is 56.8 Å². The number of hydrogen-bond acceptors (Lipinski definition) is 2. The van der Waals surface area contributed by atoms with E-state index in [-0.39, 0.29) is 5.91 Å². The minimum absolute atomic E-state index is 0.182. The average Bonchev–Trinajstić information content (AvgIpc) is 3.18. The van der Waals surface area contributed by atoms with E-state index >= 15 is 0 Å². The van der Waals surface area contributed by atoms with Gasteiger partial charge in [0.25, 0.3) is 5.91 Å². The van der Waals surface area contributed by atoms with Gasteiger partial charge in [0, 0.05) is 36.1 Å². The summed E-state index contributed by atoms with van der Waals surface area (Å²) in [4.78, 5) is 21.5. The van der Waals surface area contributed by atoms with Gasteiger partial charge in [-0.1, -0.05) is 36.4 Å². The van der Waals surface area contributed by atoms with Gasteiger partial charge in [-0.25, -0.2) is 0 Å². The minimum atomic E-state index is 0.182. The van der Waals surface area contributed by atoms with E-state index in [4.69, 9.17) is 0 Å². The Labute approximate surface area is 191 Å². The lowest BCUT2D eigenvalue weighted by molar-refractivity contribution is 0.0716. The molecule has 2 aromatic carbocycles. The molecule has 168 valence electrons. The van der Waals surface area contributed by atoms with Gasteiger partial charge in [0.15, 0.2) is 0 Å². The molecule has 0 atom stereocenters. The molecule has 0 spiro atoms. The monoisotopic (exact) mass is 429 g/mol. The Morgan fingerprint density at radius 3 is 2.31 bits per heavy atom. The van der Waals surface area contributed by atoms with E-state index in [0.29, 0.717) is 5.92 Å². The third-order valence-electron chi connectivity index (χ3n) is 7.59. The van der Waals surface area contributed by atoms with Crippen LogP contribution in [0.3, 0.4) is 0 Å². The molecule has 4 nitrogen and oxygen atoms in total. The van der Waals surface area contributed by atoms with Crippen molar-refractivity contribution in [3.63, 3.8) is 0 Å². The van der Waals surface area contributed by atoms with Crippen molar-refractivity contribution in [2.45, 2.75) is 58.4 Å². The molecule has 0 saturated carbocycles. The van der Waals surface area contributed by atoms with Crippen molar-refractivity contribution in [1.82, 2.24) is 14.8 Å². The fourth-order valence-corrected chi connectivity index (χ4v) is 5.88. The zero-order valence-corrected chi connectivity index (χ0v) is 19.5. The summed E-state index contributed by atoms with van der Waals surface area (Å²) in [7, 11) is 0. The largest absolute Gasteiger partial charge is 0.350 e. The molecule has 3 heterocycles. The molecule has 0 radical (unpaired) electrons. The summed E-state index contributed by atoms with van der Waals surface area (Å²) in [6, 6.07) is 15.1. The van der Waals surface area contributed by atoms with E-state index in [1.807, 2.05) is 11.0 Å². The number of fused-ring (bicyclic) bond motifs is 1. The molecule has 2 aliphatic heterocycles. The fraction of sp³-hybridized carbons (Fsp3) is 0.464. The molecule has 2 aliphatic rings. The van der Waals surface area contributed by atoms with Crippen LogP contribution in [-0.2, 0) is 6.54 Å². The van der Waals surface area contributed by atoms with E-state index in [2.05, 4.69) is 60.1 Å². The van der Waals surface area contributed by atoms with E-state index in [1.165, 1.54) is 41.3 Å².